The van der Waals surface area contributed by atoms with Gasteiger partial charge in [0.2, 0.25) is 5.89 Å². The van der Waals surface area contributed by atoms with Crippen LogP contribution in [0.5, 0.6) is 5.88 Å². The molecule has 0 unspecified atom stereocenters. The minimum absolute atomic E-state index is 0.0368. The van der Waals surface area contributed by atoms with Crippen molar-refractivity contribution in [1.82, 2.24) is 15.0 Å². The number of anilines is 1. The summed E-state index contributed by atoms with van der Waals surface area (Å²) in [5, 5.41) is 5.17. The lowest BCUT2D eigenvalue weighted by molar-refractivity contribution is 0.233. The van der Waals surface area contributed by atoms with E-state index in [0.717, 1.165) is 10.6 Å². The maximum Gasteiger partial charge on any atom is 0.257 e. The van der Waals surface area contributed by atoms with E-state index in [1.54, 1.807) is 30.0 Å². The summed E-state index contributed by atoms with van der Waals surface area (Å²) < 4.78 is 11.1. The molecule has 0 aromatic carbocycles. The highest BCUT2D eigenvalue weighted by Crippen LogP contribution is 2.24. The van der Waals surface area contributed by atoms with E-state index in [4.69, 9.17) is 9.15 Å². The molecule has 0 aliphatic carbocycles. The van der Waals surface area contributed by atoms with Crippen molar-refractivity contribution >= 4 is 17.2 Å². The molecule has 1 N–H and O–H groups in total. The Morgan fingerprint density at radius 3 is 2.95 bits per heavy atom. The standard InChI is InChI=1S/C15H16N4O2S/c1-10(2)21-15-13(16-5-6-17-15)18-8-11-9-20-14(19-11)12-4-3-7-22-12/h3-7,9-10H,8H2,1-2H3,(H,16,18). The Balaban J connectivity index is 1.68. The third kappa shape index (κ3) is 3.43. The molecule has 0 fully saturated rings. The minimum atomic E-state index is 0.0368. The molecular weight excluding hydrogens is 300 g/mol. The molecule has 0 bridgehead atoms. The lowest BCUT2D eigenvalue weighted by Gasteiger charge is -2.12. The Bertz CT molecular complexity index is 725. The molecule has 0 saturated carbocycles. The van der Waals surface area contributed by atoms with Gasteiger partial charge in [0.25, 0.3) is 5.88 Å². The monoisotopic (exact) mass is 316 g/mol. The molecule has 0 spiro atoms. The van der Waals surface area contributed by atoms with Gasteiger partial charge in [-0.3, -0.25) is 0 Å². The van der Waals surface area contributed by atoms with Crippen molar-refractivity contribution in [3.63, 3.8) is 0 Å². The average molecular weight is 316 g/mol. The summed E-state index contributed by atoms with van der Waals surface area (Å²) in [4.78, 5) is 13.9. The van der Waals surface area contributed by atoms with Crippen LogP contribution in [-0.4, -0.2) is 21.1 Å². The van der Waals surface area contributed by atoms with Gasteiger partial charge in [-0.2, -0.15) is 0 Å². The largest absolute Gasteiger partial charge is 0.472 e. The first kappa shape index (κ1) is 14.5. The van der Waals surface area contributed by atoms with Crippen molar-refractivity contribution in [1.29, 1.82) is 0 Å². The first-order chi connectivity index (χ1) is 10.7. The van der Waals surface area contributed by atoms with Crippen molar-refractivity contribution in [2.75, 3.05) is 5.32 Å². The Labute approximate surface area is 132 Å². The third-order valence-electron chi connectivity index (χ3n) is 2.73. The molecule has 0 radical (unpaired) electrons. The number of thiophene rings is 1. The van der Waals surface area contributed by atoms with Gasteiger partial charge >= 0.3 is 0 Å². The molecule has 0 aliphatic heterocycles. The van der Waals surface area contributed by atoms with Crippen LogP contribution >= 0.6 is 11.3 Å². The summed E-state index contributed by atoms with van der Waals surface area (Å²) in [6, 6.07) is 3.95. The molecule has 0 atom stereocenters. The van der Waals surface area contributed by atoms with Gasteiger partial charge in [0, 0.05) is 12.4 Å². The van der Waals surface area contributed by atoms with Gasteiger partial charge in [-0.25, -0.2) is 15.0 Å². The van der Waals surface area contributed by atoms with Gasteiger partial charge in [-0.15, -0.1) is 11.3 Å². The van der Waals surface area contributed by atoms with Gasteiger partial charge in [-0.1, -0.05) is 6.07 Å². The summed E-state index contributed by atoms with van der Waals surface area (Å²) in [7, 11) is 0. The molecule has 3 aromatic heterocycles. The van der Waals surface area contributed by atoms with E-state index < -0.39 is 0 Å². The fourth-order valence-corrected chi connectivity index (χ4v) is 2.49. The van der Waals surface area contributed by atoms with Crippen LogP contribution in [0.4, 0.5) is 5.82 Å². The number of rotatable bonds is 6. The van der Waals surface area contributed by atoms with E-state index in [1.165, 1.54) is 0 Å². The summed E-state index contributed by atoms with van der Waals surface area (Å²) >= 11 is 1.59. The smallest absolute Gasteiger partial charge is 0.257 e. The van der Waals surface area contributed by atoms with E-state index >= 15 is 0 Å². The number of ether oxygens (including phenoxy) is 1. The van der Waals surface area contributed by atoms with E-state index in [-0.39, 0.29) is 6.10 Å². The number of nitrogens with zero attached hydrogens (tertiary/aromatic N) is 3. The maximum absolute atomic E-state index is 5.62. The van der Waals surface area contributed by atoms with Crippen LogP contribution in [0.2, 0.25) is 0 Å². The van der Waals surface area contributed by atoms with E-state index in [9.17, 15) is 0 Å². The van der Waals surface area contributed by atoms with E-state index in [2.05, 4.69) is 20.3 Å². The number of oxazole rings is 1. The summed E-state index contributed by atoms with van der Waals surface area (Å²) in [6.45, 7) is 4.38. The summed E-state index contributed by atoms with van der Waals surface area (Å²) in [5.74, 6) is 1.71. The Kier molecular flexibility index (Phi) is 4.34. The highest BCUT2D eigenvalue weighted by atomic mass is 32.1. The Morgan fingerprint density at radius 2 is 2.18 bits per heavy atom. The molecular formula is C15H16N4O2S. The number of nitrogens with one attached hydrogen (secondary N) is 1. The molecule has 22 heavy (non-hydrogen) atoms. The molecule has 0 amide bonds. The number of hydrogen-bond acceptors (Lipinski definition) is 7. The lowest BCUT2D eigenvalue weighted by atomic mass is 10.4. The van der Waals surface area contributed by atoms with Crippen molar-refractivity contribution < 1.29 is 9.15 Å². The van der Waals surface area contributed by atoms with Crippen LogP contribution in [0.25, 0.3) is 10.8 Å². The van der Waals surface area contributed by atoms with Crippen LogP contribution in [0.15, 0.2) is 40.6 Å². The molecule has 0 aliphatic rings. The van der Waals surface area contributed by atoms with Gasteiger partial charge in [-0.05, 0) is 25.3 Å². The summed E-state index contributed by atoms with van der Waals surface area (Å²) in [5.41, 5.74) is 0.796. The second-order valence-electron chi connectivity index (χ2n) is 4.85. The van der Waals surface area contributed by atoms with Gasteiger partial charge in [0.05, 0.1) is 23.2 Å². The number of aromatic nitrogens is 3. The highest BCUT2D eigenvalue weighted by Gasteiger charge is 2.11. The minimum Gasteiger partial charge on any atom is -0.472 e. The second kappa shape index (κ2) is 6.57. The molecule has 3 heterocycles. The maximum atomic E-state index is 5.62. The third-order valence-corrected chi connectivity index (χ3v) is 3.59. The lowest BCUT2D eigenvalue weighted by Crippen LogP contribution is -2.11. The van der Waals surface area contributed by atoms with Crippen LogP contribution in [-0.2, 0) is 6.54 Å². The van der Waals surface area contributed by atoms with Crippen LogP contribution < -0.4 is 10.1 Å². The van der Waals surface area contributed by atoms with Crippen LogP contribution in [0.3, 0.4) is 0 Å². The Hall–Kier alpha value is -2.41. The zero-order chi connectivity index (χ0) is 15.4. The molecule has 7 heteroatoms. The first-order valence-corrected chi connectivity index (χ1v) is 7.80. The van der Waals surface area contributed by atoms with E-state index in [0.29, 0.717) is 24.1 Å². The van der Waals surface area contributed by atoms with Gasteiger partial charge < -0.3 is 14.5 Å². The highest BCUT2D eigenvalue weighted by molar-refractivity contribution is 7.13. The SMILES string of the molecule is CC(C)Oc1nccnc1NCc1coc(-c2cccs2)n1. The summed E-state index contributed by atoms with van der Waals surface area (Å²) in [6.07, 6.45) is 4.90. The van der Waals surface area contributed by atoms with Crippen molar-refractivity contribution in [3.8, 4) is 16.6 Å². The fourth-order valence-electron chi connectivity index (χ4n) is 1.83. The van der Waals surface area contributed by atoms with Crippen molar-refractivity contribution in [2.45, 2.75) is 26.5 Å². The Morgan fingerprint density at radius 1 is 1.32 bits per heavy atom. The average Bonchev–Trinajstić information content (AvgIpc) is 3.17. The molecule has 0 saturated heterocycles. The normalized spacial score (nSPS) is 10.9. The quantitative estimate of drug-likeness (QED) is 0.749. The van der Waals surface area contributed by atoms with Gasteiger partial charge in [0.1, 0.15) is 6.26 Å². The zero-order valence-corrected chi connectivity index (χ0v) is 13.1. The fraction of sp³-hybridized carbons (Fsp3) is 0.267. The number of hydrogen-bond donors (Lipinski definition) is 1. The topological polar surface area (TPSA) is 73.1 Å². The van der Waals surface area contributed by atoms with E-state index in [1.807, 2.05) is 31.4 Å². The van der Waals surface area contributed by atoms with Crippen LogP contribution in [0, 0.1) is 0 Å². The predicted molar refractivity (Wildman–Crippen MR) is 84.9 cm³/mol. The molecule has 3 rings (SSSR count). The van der Waals surface area contributed by atoms with Crippen LogP contribution in [0.1, 0.15) is 19.5 Å². The molecule has 6 nitrogen and oxygen atoms in total. The first-order valence-electron chi connectivity index (χ1n) is 6.92. The van der Waals surface area contributed by atoms with Crippen molar-refractivity contribution in [3.05, 3.63) is 41.9 Å². The molecule has 3 aromatic rings. The van der Waals surface area contributed by atoms with Crippen molar-refractivity contribution in [2.24, 2.45) is 0 Å². The second-order valence-corrected chi connectivity index (χ2v) is 5.80. The predicted octanol–water partition coefficient (Wildman–Crippen LogP) is 3.59. The molecule has 114 valence electrons. The zero-order valence-electron chi connectivity index (χ0n) is 12.3. The van der Waals surface area contributed by atoms with Gasteiger partial charge in [0.15, 0.2) is 5.82 Å².